The largest absolute Gasteiger partial charge is 0.447 e. The van der Waals surface area contributed by atoms with Crippen molar-refractivity contribution in [1.29, 1.82) is 0 Å². The Morgan fingerprint density at radius 2 is 2.12 bits per heavy atom. The fraction of sp³-hybridized carbons (Fsp3) is 0.529. The summed E-state index contributed by atoms with van der Waals surface area (Å²) < 4.78 is 10.7. The van der Waals surface area contributed by atoms with Crippen LogP contribution >= 0.6 is 23.2 Å². The predicted molar refractivity (Wildman–Crippen MR) is 91.6 cm³/mol. The van der Waals surface area contributed by atoms with E-state index >= 15 is 0 Å². The van der Waals surface area contributed by atoms with E-state index in [9.17, 15) is 9.59 Å². The molecule has 0 atom stereocenters. The third-order valence-electron chi connectivity index (χ3n) is 5.08. The number of rotatable bonds is 4. The van der Waals surface area contributed by atoms with Gasteiger partial charge in [0.05, 0.1) is 12.7 Å². The van der Waals surface area contributed by atoms with Crippen molar-refractivity contribution in [1.82, 2.24) is 10.2 Å². The monoisotopic (exact) mass is 384 g/mol. The molecule has 1 N–H and O–H groups in total. The van der Waals surface area contributed by atoms with Crippen molar-refractivity contribution >= 4 is 35.2 Å². The average molecular weight is 385 g/mol. The first-order valence-electron chi connectivity index (χ1n) is 8.23. The molecule has 2 saturated heterocycles. The molecule has 1 aromatic rings. The number of carbonyl (C=O) groups is 2. The lowest BCUT2D eigenvalue weighted by atomic mass is 9.79. The highest BCUT2D eigenvalue weighted by Gasteiger charge is 2.53. The van der Waals surface area contributed by atoms with Crippen LogP contribution in [-0.4, -0.2) is 48.2 Å². The molecule has 25 heavy (non-hydrogen) atoms. The summed E-state index contributed by atoms with van der Waals surface area (Å²) in [6.45, 7) is 1.81. The van der Waals surface area contributed by atoms with Crippen LogP contribution < -0.4 is 5.32 Å². The van der Waals surface area contributed by atoms with E-state index in [1.165, 1.54) is 0 Å². The average Bonchev–Trinajstić information content (AvgIpc) is 2.88. The number of ether oxygens (including phenoxy) is 2. The van der Waals surface area contributed by atoms with Crippen molar-refractivity contribution in [3.8, 4) is 0 Å². The molecule has 1 aliphatic carbocycles. The predicted octanol–water partition coefficient (Wildman–Crippen LogP) is 2.61. The zero-order chi connectivity index (χ0) is 17.6. The van der Waals surface area contributed by atoms with Crippen LogP contribution in [0.2, 0.25) is 10.0 Å². The minimum absolute atomic E-state index is 0.000984. The summed E-state index contributed by atoms with van der Waals surface area (Å²) in [6, 6.07) is 5.33. The molecule has 0 bridgehead atoms. The smallest absolute Gasteiger partial charge is 0.407 e. The lowest BCUT2D eigenvalue weighted by molar-refractivity contribution is -0.153. The van der Waals surface area contributed by atoms with Crippen molar-refractivity contribution in [2.24, 2.45) is 5.92 Å². The highest BCUT2D eigenvalue weighted by molar-refractivity contribution is 6.35. The molecule has 2 heterocycles. The fourth-order valence-electron chi connectivity index (χ4n) is 3.51. The molecule has 1 aromatic carbocycles. The molecule has 1 spiro atoms. The second-order valence-corrected chi connectivity index (χ2v) is 7.86. The van der Waals surface area contributed by atoms with Gasteiger partial charge in [0.15, 0.2) is 0 Å². The van der Waals surface area contributed by atoms with Crippen LogP contribution in [0.4, 0.5) is 4.79 Å². The SMILES string of the molecule is O=C1NC2(CO1)CN(C(=O)C1CC(OCc3ccc(Cl)cc3Cl)C1)C2. The summed E-state index contributed by atoms with van der Waals surface area (Å²) in [5, 5.41) is 3.97. The molecule has 4 rings (SSSR count). The molecule has 6 nitrogen and oxygen atoms in total. The second kappa shape index (κ2) is 6.34. The zero-order valence-corrected chi connectivity index (χ0v) is 15.0. The van der Waals surface area contributed by atoms with Crippen LogP contribution in [0.5, 0.6) is 0 Å². The topological polar surface area (TPSA) is 67.9 Å². The van der Waals surface area contributed by atoms with Gasteiger partial charge in [0.1, 0.15) is 12.1 Å². The van der Waals surface area contributed by atoms with Crippen LogP contribution in [0.15, 0.2) is 18.2 Å². The molecule has 2 aliphatic heterocycles. The Labute approximate surface area is 155 Å². The number of amides is 2. The van der Waals surface area contributed by atoms with Crippen LogP contribution in [0.25, 0.3) is 0 Å². The number of nitrogens with one attached hydrogen (secondary N) is 1. The molecule has 134 valence electrons. The van der Waals surface area contributed by atoms with Crippen LogP contribution in [0, 0.1) is 5.92 Å². The number of likely N-dealkylation sites (tertiary alicyclic amines) is 1. The van der Waals surface area contributed by atoms with Gasteiger partial charge in [-0.1, -0.05) is 29.3 Å². The number of hydrogen-bond donors (Lipinski definition) is 1. The minimum Gasteiger partial charge on any atom is -0.447 e. The van der Waals surface area contributed by atoms with Crippen LogP contribution in [0.3, 0.4) is 0 Å². The molecule has 3 fully saturated rings. The number of carbonyl (C=O) groups excluding carboxylic acids is 2. The van der Waals surface area contributed by atoms with E-state index in [4.69, 9.17) is 32.7 Å². The third-order valence-corrected chi connectivity index (χ3v) is 5.67. The number of benzene rings is 1. The van der Waals surface area contributed by atoms with Crippen molar-refractivity contribution in [3.05, 3.63) is 33.8 Å². The van der Waals surface area contributed by atoms with Gasteiger partial charge in [0, 0.05) is 29.1 Å². The minimum atomic E-state index is -0.398. The quantitative estimate of drug-likeness (QED) is 0.865. The normalized spacial score (nSPS) is 26.6. The number of hydrogen-bond acceptors (Lipinski definition) is 4. The number of nitrogens with zero attached hydrogens (tertiary/aromatic N) is 1. The Balaban J connectivity index is 1.20. The van der Waals surface area contributed by atoms with E-state index in [0.29, 0.717) is 36.3 Å². The summed E-state index contributed by atoms with van der Waals surface area (Å²) in [7, 11) is 0. The first kappa shape index (κ1) is 16.9. The summed E-state index contributed by atoms with van der Waals surface area (Å²) >= 11 is 12.0. The van der Waals surface area contributed by atoms with E-state index in [1.807, 2.05) is 6.07 Å². The number of halogens is 2. The molecule has 1 saturated carbocycles. The highest BCUT2D eigenvalue weighted by Crippen LogP contribution is 2.36. The van der Waals surface area contributed by atoms with Crippen molar-refractivity contribution < 1.29 is 19.1 Å². The van der Waals surface area contributed by atoms with E-state index in [0.717, 1.165) is 18.4 Å². The molecule has 8 heteroatoms. The maximum absolute atomic E-state index is 12.4. The Morgan fingerprint density at radius 1 is 1.36 bits per heavy atom. The van der Waals surface area contributed by atoms with E-state index in [-0.39, 0.29) is 23.5 Å². The second-order valence-electron chi connectivity index (χ2n) is 7.01. The van der Waals surface area contributed by atoms with E-state index < -0.39 is 6.09 Å². The van der Waals surface area contributed by atoms with Crippen LogP contribution in [0.1, 0.15) is 18.4 Å². The first-order chi connectivity index (χ1) is 11.9. The van der Waals surface area contributed by atoms with Crippen molar-refractivity contribution in [3.63, 3.8) is 0 Å². The maximum atomic E-state index is 12.4. The number of alkyl carbamates (subject to hydrolysis) is 1. The Kier molecular flexibility index (Phi) is 4.30. The Bertz CT molecular complexity index is 715. The maximum Gasteiger partial charge on any atom is 0.407 e. The Hall–Kier alpha value is -1.50. The van der Waals surface area contributed by atoms with Crippen molar-refractivity contribution in [2.45, 2.75) is 31.1 Å². The molecule has 3 aliphatic rings. The molecular weight excluding hydrogens is 367 g/mol. The first-order valence-corrected chi connectivity index (χ1v) is 8.99. The van der Waals surface area contributed by atoms with Gasteiger partial charge in [0.25, 0.3) is 0 Å². The summed E-state index contributed by atoms with van der Waals surface area (Å²) in [5.74, 6) is 0.136. The standard InChI is InChI=1S/C17H18Cl2N2O4/c18-12-2-1-10(14(19)5-12)6-24-13-3-11(4-13)15(22)21-7-17(8-21)9-25-16(23)20-17/h1-2,5,11,13H,3-4,6-9H2,(H,20,23). The molecule has 0 radical (unpaired) electrons. The molecule has 0 unspecified atom stereocenters. The Morgan fingerprint density at radius 3 is 2.76 bits per heavy atom. The summed E-state index contributed by atoms with van der Waals surface area (Å²) in [4.78, 5) is 25.3. The fourth-order valence-corrected chi connectivity index (χ4v) is 3.97. The van der Waals surface area contributed by atoms with Gasteiger partial charge in [-0.15, -0.1) is 0 Å². The van der Waals surface area contributed by atoms with E-state index in [1.54, 1.807) is 17.0 Å². The third kappa shape index (κ3) is 3.30. The molecular formula is C17H18Cl2N2O4. The van der Waals surface area contributed by atoms with Gasteiger partial charge in [-0.3, -0.25) is 4.79 Å². The number of cyclic esters (lactones) is 1. The van der Waals surface area contributed by atoms with Crippen molar-refractivity contribution in [2.75, 3.05) is 19.7 Å². The van der Waals surface area contributed by atoms with Gasteiger partial charge < -0.3 is 19.7 Å². The zero-order valence-electron chi connectivity index (χ0n) is 13.5. The summed E-state index contributed by atoms with van der Waals surface area (Å²) in [5.41, 5.74) is 0.528. The van der Waals surface area contributed by atoms with Gasteiger partial charge >= 0.3 is 6.09 Å². The van der Waals surface area contributed by atoms with Crippen LogP contribution in [-0.2, 0) is 20.9 Å². The molecule has 2 amide bonds. The van der Waals surface area contributed by atoms with Gasteiger partial charge in [-0.05, 0) is 30.5 Å². The van der Waals surface area contributed by atoms with Gasteiger partial charge in [-0.25, -0.2) is 4.79 Å². The van der Waals surface area contributed by atoms with E-state index in [2.05, 4.69) is 5.32 Å². The lowest BCUT2D eigenvalue weighted by Gasteiger charge is -2.48. The van der Waals surface area contributed by atoms with Gasteiger partial charge in [0.2, 0.25) is 5.91 Å². The lowest BCUT2D eigenvalue weighted by Crippen LogP contribution is -2.71. The van der Waals surface area contributed by atoms with Gasteiger partial charge in [-0.2, -0.15) is 0 Å². The summed E-state index contributed by atoms with van der Waals surface area (Å²) in [6.07, 6.45) is 1.11. The molecule has 0 aromatic heterocycles. The highest BCUT2D eigenvalue weighted by atomic mass is 35.5.